The highest BCUT2D eigenvalue weighted by molar-refractivity contribution is 7.90. The average molecular weight is 790 g/mol. The summed E-state index contributed by atoms with van der Waals surface area (Å²) >= 11 is 0. The van der Waals surface area contributed by atoms with Gasteiger partial charge >= 0.3 is 0 Å². The van der Waals surface area contributed by atoms with Crippen LogP contribution < -0.4 is 15.4 Å². The summed E-state index contributed by atoms with van der Waals surface area (Å²) in [5, 5.41) is 18.9. The smallest absolute Gasteiger partial charge is 0.246 e. The number of aromatic amines is 1. The largest absolute Gasteiger partial charge is 0.379 e. The number of sulfonamides is 1. The fraction of sp³-hybridized carbons (Fsp3) is 0.829. The molecule has 0 aliphatic carbocycles. The number of carbonyl (C=O) groups excluding carboxylic acids is 5. The third-order valence-electron chi connectivity index (χ3n) is 8.02. The minimum atomic E-state index is -3.79. The normalized spacial score (nSPS) is 11.3. The van der Waals surface area contributed by atoms with E-state index < -0.39 is 21.8 Å². The molecule has 0 unspecified atom stereocenters. The number of amides is 3. The average Bonchev–Trinajstić information content (AvgIpc) is 3.66. The molecular weight excluding hydrogens is 726 g/mol. The topological polar surface area (TPSA) is 247 Å². The van der Waals surface area contributed by atoms with Gasteiger partial charge in [0.1, 0.15) is 25.3 Å². The van der Waals surface area contributed by atoms with Crippen LogP contribution in [0.25, 0.3) is 0 Å². The van der Waals surface area contributed by atoms with Crippen LogP contribution in [0.3, 0.4) is 0 Å². The zero-order chi connectivity index (χ0) is 39.4. The highest BCUT2D eigenvalue weighted by Crippen LogP contribution is 2.13. The number of rotatable bonds is 39. The van der Waals surface area contributed by atoms with Crippen LogP contribution in [0.5, 0.6) is 0 Å². The minimum Gasteiger partial charge on any atom is -0.379 e. The molecular formula is C35H63N7O11S. The molecule has 0 aliphatic heterocycles. The summed E-state index contributed by atoms with van der Waals surface area (Å²) < 4.78 is 47.5. The summed E-state index contributed by atoms with van der Waals surface area (Å²) in [5.74, 6) is -0.885. The summed E-state index contributed by atoms with van der Waals surface area (Å²) in [4.78, 5) is 57.4. The Labute approximate surface area is 319 Å². The second-order valence-electron chi connectivity index (χ2n) is 12.8. The fourth-order valence-electron chi connectivity index (χ4n) is 5.14. The summed E-state index contributed by atoms with van der Waals surface area (Å²) in [6, 6.07) is 0. The third kappa shape index (κ3) is 32.1. The molecule has 0 saturated heterocycles. The van der Waals surface area contributed by atoms with Crippen LogP contribution in [-0.2, 0) is 59.4 Å². The van der Waals surface area contributed by atoms with E-state index in [2.05, 4.69) is 36.0 Å². The van der Waals surface area contributed by atoms with E-state index in [-0.39, 0.29) is 109 Å². The van der Waals surface area contributed by atoms with Gasteiger partial charge in [-0.1, -0.05) is 75.8 Å². The lowest BCUT2D eigenvalue weighted by molar-refractivity contribution is -0.128. The third-order valence-corrected chi connectivity index (χ3v) is 9.38. The molecule has 3 amide bonds. The standard InChI is InChI=1S/C35H63N7O11S/c43-21-19-36-34(46)29-53-27-25-51-23-20-37-35(47)30-52-26-24-50-22-18-31(44)15-14-28-54(48,49)40-33(45)17-13-11-9-7-5-3-1-2-4-6-8-10-12-16-32-38-41-42-39-32/h21H,1-20,22-30H2,(H,36,46)(H,37,47)(H,40,45)(H,38,39,41,42). The van der Waals surface area contributed by atoms with Gasteiger partial charge in [0.15, 0.2) is 5.82 Å². The Balaban J connectivity index is 1.85. The summed E-state index contributed by atoms with van der Waals surface area (Å²) in [5.41, 5.74) is 0. The molecule has 18 nitrogen and oxygen atoms in total. The number of hydrogen-bond acceptors (Lipinski definition) is 14. The lowest BCUT2D eigenvalue weighted by Crippen LogP contribution is -2.32. The molecule has 19 heteroatoms. The molecule has 0 atom stereocenters. The Morgan fingerprint density at radius 2 is 1.17 bits per heavy atom. The van der Waals surface area contributed by atoms with E-state index in [1.807, 2.05) is 0 Å². The molecule has 310 valence electrons. The van der Waals surface area contributed by atoms with Gasteiger partial charge in [0, 0.05) is 32.2 Å². The molecule has 1 heterocycles. The highest BCUT2D eigenvalue weighted by Gasteiger charge is 2.15. The Hall–Kier alpha value is -3.39. The van der Waals surface area contributed by atoms with Crippen LogP contribution >= 0.6 is 0 Å². The van der Waals surface area contributed by atoms with Gasteiger partial charge in [-0.3, -0.25) is 23.9 Å². The van der Waals surface area contributed by atoms with Crippen molar-refractivity contribution in [1.29, 1.82) is 0 Å². The van der Waals surface area contributed by atoms with E-state index in [1.165, 1.54) is 51.4 Å². The van der Waals surface area contributed by atoms with Gasteiger partial charge in [-0.05, 0) is 19.3 Å². The molecule has 0 aliphatic rings. The number of Topliss-reactive ketones (excluding diaryl/α,β-unsaturated/α-hetero) is 1. The quantitative estimate of drug-likeness (QED) is 0.0550. The summed E-state index contributed by atoms with van der Waals surface area (Å²) in [7, 11) is -3.79. The number of unbranched alkanes of at least 4 members (excludes halogenated alkanes) is 12. The zero-order valence-electron chi connectivity index (χ0n) is 31.8. The predicted molar refractivity (Wildman–Crippen MR) is 199 cm³/mol. The van der Waals surface area contributed by atoms with Crippen molar-refractivity contribution in [1.82, 2.24) is 36.0 Å². The second-order valence-corrected chi connectivity index (χ2v) is 14.7. The molecule has 0 bridgehead atoms. The number of hydrogen-bond donors (Lipinski definition) is 4. The Kier molecular flexibility index (Phi) is 30.7. The number of ketones is 1. The first kappa shape index (κ1) is 48.6. The molecule has 1 aromatic heterocycles. The van der Waals surface area contributed by atoms with Crippen molar-refractivity contribution in [2.24, 2.45) is 0 Å². The number of carbonyl (C=O) groups is 5. The van der Waals surface area contributed by atoms with Crippen LogP contribution in [0.2, 0.25) is 0 Å². The van der Waals surface area contributed by atoms with E-state index in [0.717, 1.165) is 37.9 Å². The number of ether oxygens (including phenoxy) is 4. The number of aryl methyl sites for hydroxylation is 1. The number of nitrogens with zero attached hydrogens (tertiary/aromatic N) is 3. The van der Waals surface area contributed by atoms with Crippen LogP contribution in [0, 0.1) is 0 Å². The van der Waals surface area contributed by atoms with Crippen molar-refractivity contribution in [2.45, 2.75) is 116 Å². The van der Waals surface area contributed by atoms with Crippen molar-refractivity contribution in [3.05, 3.63) is 5.82 Å². The number of nitrogens with one attached hydrogen (secondary N) is 4. The first-order valence-electron chi connectivity index (χ1n) is 19.3. The molecule has 1 aromatic rings. The van der Waals surface area contributed by atoms with Crippen LogP contribution in [0.15, 0.2) is 0 Å². The van der Waals surface area contributed by atoms with Crippen LogP contribution in [-0.4, -0.2) is 131 Å². The van der Waals surface area contributed by atoms with Gasteiger partial charge in [0.25, 0.3) is 0 Å². The first-order valence-corrected chi connectivity index (χ1v) is 20.9. The SMILES string of the molecule is O=CCNC(=O)COCCOCCNC(=O)COCCOCCC(=O)CCCS(=O)(=O)NC(=O)CCCCCCCCCCCCCCCc1nn[nH]n1. The first-order chi connectivity index (χ1) is 26.2. The molecule has 0 fully saturated rings. The van der Waals surface area contributed by atoms with Gasteiger partial charge in [-0.15, -0.1) is 10.2 Å². The van der Waals surface area contributed by atoms with Crippen molar-refractivity contribution < 1.29 is 51.3 Å². The number of tetrazole rings is 1. The lowest BCUT2D eigenvalue weighted by atomic mass is 10.0. The molecule has 0 saturated carbocycles. The van der Waals surface area contributed by atoms with E-state index in [1.54, 1.807) is 0 Å². The van der Waals surface area contributed by atoms with Crippen molar-refractivity contribution in [3.63, 3.8) is 0 Å². The monoisotopic (exact) mass is 789 g/mol. The zero-order valence-corrected chi connectivity index (χ0v) is 32.6. The maximum atomic E-state index is 12.2. The van der Waals surface area contributed by atoms with E-state index in [9.17, 15) is 32.4 Å². The Morgan fingerprint density at radius 1 is 0.611 bits per heavy atom. The van der Waals surface area contributed by atoms with Gasteiger partial charge in [-0.2, -0.15) is 5.21 Å². The molecule has 0 aromatic carbocycles. The molecule has 0 radical (unpaired) electrons. The van der Waals surface area contributed by atoms with Crippen molar-refractivity contribution in [2.75, 3.05) is 71.7 Å². The van der Waals surface area contributed by atoms with Crippen molar-refractivity contribution >= 4 is 39.8 Å². The van der Waals surface area contributed by atoms with Gasteiger partial charge in [0.2, 0.25) is 27.7 Å². The Bertz CT molecular complexity index is 1240. The molecule has 4 N–H and O–H groups in total. The fourth-order valence-corrected chi connectivity index (χ4v) is 6.21. The predicted octanol–water partition coefficient (Wildman–Crippen LogP) is 1.89. The lowest BCUT2D eigenvalue weighted by Gasteiger charge is -2.08. The van der Waals surface area contributed by atoms with Gasteiger partial charge in [0.05, 0.1) is 51.9 Å². The minimum absolute atomic E-state index is 0.0606. The number of aldehydes is 1. The number of aromatic nitrogens is 4. The maximum Gasteiger partial charge on any atom is 0.246 e. The second kappa shape index (κ2) is 34.1. The summed E-state index contributed by atoms with van der Waals surface area (Å²) in [6.07, 6.45) is 16.6. The van der Waals surface area contributed by atoms with E-state index in [0.29, 0.717) is 12.7 Å². The number of H-pyrrole nitrogens is 1. The summed E-state index contributed by atoms with van der Waals surface area (Å²) in [6.45, 7) is 1.03. The van der Waals surface area contributed by atoms with E-state index in [4.69, 9.17) is 18.9 Å². The van der Waals surface area contributed by atoms with E-state index >= 15 is 0 Å². The highest BCUT2D eigenvalue weighted by atomic mass is 32.2. The Morgan fingerprint density at radius 3 is 1.76 bits per heavy atom. The van der Waals surface area contributed by atoms with Crippen LogP contribution in [0.4, 0.5) is 0 Å². The van der Waals surface area contributed by atoms with Gasteiger partial charge in [-0.25, -0.2) is 8.42 Å². The maximum absolute atomic E-state index is 12.2. The van der Waals surface area contributed by atoms with Crippen molar-refractivity contribution in [3.8, 4) is 0 Å². The van der Waals surface area contributed by atoms with Crippen LogP contribution in [0.1, 0.15) is 115 Å². The molecule has 1 rings (SSSR count). The molecule has 54 heavy (non-hydrogen) atoms. The van der Waals surface area contributed by atoms with Gasteiger partial charge < -0.3 is 34.4 Å². The molecule has 0 spiro atoms.